The number of fused-ring (bicyclic) bond motifs is 1. The molecule has 31 heavy (non-hydrogen) atoms. The molecule has 1 aromatic heterocycles. The summed E-state index contributed by atoms with van der Waals surface area (Å²) < 4.78 is 15.5. The third-order valence-corrected chi connectivity index (χ3v) is 4.37. The summed E-state index contributed by atoms with van der Waals surface area (Å²) in [5, 5.41) is 25.4. The molecule has 0 saturated carbocycles. The van der Waals surface area contributed by atoms with Gasteiger partial charge < -0.3 is 24.2 Å². The lowest BCUT2D eigenvalue weighted by atomic mass is 10.2. The van der Waals surface area contributed by atoms with Crippen molar-refractivity contribution in [1.29, 1.82) is 0 Å². The summed E-state index contributed by atoms with van der Waals surface area (Å²) in [6, 6.07) is 10.6. The Kier molecular flexibility index (Phi) is 7.27. The molecule has 3 aromatic rings. The second-order valence-corrected chi connectivity index (χ2v) is 7.16. The van der Waals surface area contributed by atoms with E-state index >= 15 is 0 Å². The van der Waals surface area contributed by atoms with Crippen molar-refractivity contribution >= 4 is 30.3 Å². The van der Waals surface area contributed by atoms with Crippen molar-refractivity contribution in [2.75, 3.05) is 25.8 Å². The van der Waals surface area contributed by atoms with E-state index in [1.54, 1.807) is 31.5 Å². The molecule has 9 nitrogen and oxygen atoms in total. The lowest BCUT2D eigenvalue weighted by Gasteiger charge is -2.21. The van der Waals surface area contributed by atoms with Crippen molar-refractivity contribution in [3.8, 4) is 17.2 Å². The molecule has 2 N–H and O–H groups in total. The van der Waals surface area contributed by atoms with Gasteiger partial charge in [-0.2, -0.15) is 5.10 Å². The fourth-order valence-corrected chi connectivity index (χ4v) is 3.00. The number of hydrogen-bond donors (Lipinski definition) is 2. The van der Waals surface area contributed by atoms with Crippen LogP contribution >= 0.6 is 0 Å². The Morgan fingerprint density at radius 1 is 1.06 bits per heavy atom. The molecule has 0 aliphatic rings. The Hall–Kier alpha value is -3.37. The first-order valence-corrected chi connectivity index (χ1v) is 9.72. The first-order valence-electron chi connectivity index (χ1n) is 9.72. The number of nitrogens with zero attached hydrogens (tertiary/aromatic N) is 4. The van der Waals surface area contributed by atoms with Gasteiger partial charge in [0.2, 0.25) is 0 Å². The van der Waals surface area contributed by atoms with E-state index in [0.717, 1.165) is 16.5 Å². The molecule has 0 fully saturated rings. The van der Waals surface area contributed by atoms with E-state index in [0.29, 0.717) is 29.8 Å². The largest absolute Gasteiger partial charge is 0.707 e. The summed E-state index contributed by atoms with van der Waals surface area (Å²) >= 11 is 0. The summed E-state index contributed by atoms with van der Waals surface area (Å²) in [7, 11) is 1.15. The summed E-state index contributed by atoms with van der Waals surface area (Å²) in [6.07, 6.45) is 3.19. The van der Waals surface area contributed by atoms with Crippen LogP contribution in [0.15, 0.2) is 47.8 Å². The minimum atomic E-state index is -1.93. The van der Waals surface area contributed by atoms with Gasteiger partial charge in [0.1, 0.15) is 17.8 Å². The van der Waals surface area contributed by atoms with E-state index in [1.165, 1.54) is 13.4 Å². The number of rotatable bonds is 9. The van der Waals surface area contributed by atoms with E-state index in [-0.39, 0.29) is 5.75 Å². The molecule has 162 valence electrons. The lowest BCUT2D eigenvalue weighted by Crippen LogP contribution is -2.23. The van der Waals surface area contributed by atoms with Crippen molar-refractivity contribution in [3.63, 3.8) is 0 Å². The molecular formula is C21H25BN4O5. The molecule has 10 heteroatoms. The summed E-state index contributed by atoms with van der Waals surface area (Å²) in [6.45, 7) is 4.83. The minimum Gasteiger partial charge on any atom is -0.509 e. The Morgan fingerprint density at radius 3 is 2.55 bits per heavy atom. The van der Waals surface area contributed by atoms with Crippen molar-refractivity contribution in [3.05, 3.63) is 48.3 Å². The third-order valence-electron chi connectivity index (χ3n) is 4.37. The Balaban J connectivity index is 1.98. The van der Waals surface area contributed by atoms with Gasteiger partial charge in [0.25, 0.3) is 0 Å². The number of benzene rings is 2. The predicted molar refractivity (Wildman–Crippen MR) is 120 cm³/mol. The van der Waals surface area contributed by atoms with Gasteiger partial charge in [-0.15, -0.1) is 0 Å². The molecule has 0 radical (unpaired) electrons. The van der Waals surface area contributed by atoms with Crippen LogP contribution in [0.5, 0.6) is 17.2 Å². The zero-order valence-electron chi connectivity index (χ0n) is 17.9. The molecule has 0 atom stereocenters. The van der Waals surface area contributed by atoms with Crippen molar-refractivity contribution < 1.29 is 24.2 Å². The second-order valence-electron chi connectivity index (χ2n) is 7.16. The Bertz CT molecular complexity index is 1060. The van der Waals surface area contributed by atoms with Gasteiger partial charge in [0.05, 0.1) is 26.0 Å². The topological polar surface area (TPSA) is 110 Å². The highest BCUT2D eigenvalue weighted by Gasteiger charge is 2.16. The highest BCUT2D eigenvalue weighted by Crippen LogP contribution is 2.29. The number of hydrogen-bond acceptors (Lipinski definition) is 9. The summed E-state index contributed by atoms with van der Waals surface area (Å²) in [5.41, 5.74) is 1.53. The van der Waals surface area contributed by atoms with E-state index in [2.05, 4.69) is 28.9 Å². The molecule has 1 heterocycles. The zero-order valence-corrected chi connectivity index (χ0v) is 17.9. The molecule has 0 aliphatic carbocycles. The number of ether oxygens (including phenoxy) is 2. The van der Waals surface area contributed by atoms with Crippen LogP contribution in [0.3, 0.4) is 0 Å². The van der Waals surface area contributed by atoms with E-state index in [4.69, 9.17) is 24.2 Å². The molecule has 0 saturated heterocycles. The van der Waals surface area contributed by atoms with Crippen LogP contribution < -0.4 is 19.1 Å². The maximum atomic E-state index is 9.03. The molecule has 0 aliphatic heterocycles. The fraction of sp³-hybridized carbons (Fsp3) is 0.286. The Labute approximate surface area is 181 Å². The standard InChI is InChI=1S/C21H25BN4O5/c1-14(2)12-26(21-17-10-16(29-3)6-7-18(17)23-13-24-21)25-11-15-5-8-19(31-22(27)28)20(9-15)30-4/h5-11,13-14,27-28H,12H2,1-4H3/b25-11+. The van der Waals surface area contributed by atoms with Crippen LogP contribution in [0, 0.1) is 5.92 Å². The highest BCUT2D eigenvalue weighted by molar-refractivity contribution is 6.33. The van der Waals surface area contributed by atoms with Crippen LogP contribution in [0.4, 0.5) is 5.82 Å². The van der Waals surface area contributed by atoms with Crippen LogP contribution in [0.2, 0.25) is 0 Å². The highest BCUT2D eigenvalue weighted by atomic mass is 16.6. The molecular weight excluding hydrogens is 399 g/mol. The van der Waals surface area contributed by atoms with Crippen molar-refractivity contribution in [2.24, 2.45) is 11.0 Å². The fourth-order valence-electron chi connectivity index (χ4n) is 3.00. The second kappa shape index (κ2) is 10.1. The number of aromatic nitrogens is 2. The quantitative estimate of drug-likeness (QED) is 0.306. The smallest absolute Gasteiger partial charge is 0.509 e. The lowest BCUT2D eigenvalue weighted by molar-refractivity contribution is 0.279. The van der Waals surface area contributed by atoms with Gasteiger partial charge in [-0.3, -0.25) is 0 Å². The molecule has 0 spiro atoms. The van der Waals surface area contributed by atoms with Gasteiger partial charge in [-0.25, -0.2) is 15.0 Å². The maximum absolute atomic E-state index is 9.03. The normalized spacial score (nSPS) is 11.2. The van der Waals surface area contributed by atoms with E-state index < -0.39 is 7.32 Å². The van der Waals surface area contributed by atoms with Gasteiger partial charge in [0, 0.05) is 11.9 Å². The minimum absolute atomic E-state index is 0.211. The zero-order chi connectivity index (χ0) is 22.4. The number of anilines is 1. The van der Waals surface area contributed by atoms with Crippen LogP contribution in [-0.4, -0.2) is 54.3 Å². The van der Waals surface area contributed by atoms with Gasteiger partial charge in [0.15, 0.2) is 11.6 Å². The predicted octanol–water partition coefficient (Wildman–Crippen LogP) is 2.49. The first-order chi connectivity index (χ1) is 14.9. The van der Waals surface area contributed by atoms with Crippen molar-refractivity contribution in [2.45, 2.75) is 13.8 Å². The SMILES string of the molecule is COc1ccc2ncnc(N(CC(C)C)/N=C/c3ccc(OB(O)O)c(OC)c3)c2c1. The summed E-state index contributed by atoms with van der Waals surface area (Å²) in [5.74, 6) is 2.27. The van der Waals surface area contributed by atoms with Crippen molar-refractivity contribution in [1.82, 2.24) is 9.97 Å². The van der Waals surface area contributed by atoms with Crippen LogP contribution in [-0.2, 0) is 0 Å². The number of hydrazone groups is 1. The number of methoxy groups -OCH3 is 2. The third kappa shape index (κ3) is 5.62. The van der Waals surface area contributed by atoms with Gasteiger partial charge in [-0.05, 0) is 47.9 Å². The molecule has 3 rings (SSSR count). The Morgan fingerprint density at radius 2 is 1.87 bits per heavy atom. The molecule has 0 bridgehead atoms. The van der Waals surface area contributed by atoms with Crippen LogP contribution in [0.25, 0.3) is 10.9 Å². The summed E-state index contributed by atoms with van der Waals surface area (Å²) in [4.78, 5) is 8.81. The molecule has 0 amide bonds. The van der Waals surface area contributed by atoms with Gasteiger partial charge >= 0.3 is 7.32 Å². The van der Waals surface area contributed by atoms with Gasteiger partial charge in [-0.1, -0.05) is 13.8 Å². The first kappa shape index (κ1) is 22.3. The molecule has 0 unspecified atom stereocenters. The average Bonchev–Trinajstić information content (AvgIpc) is 2.76. The monoisotopic (exact) mass is 424 g/mol. The van der Waals surface area contributed by atoms with Crippen LogP contribution in [0.1, 0.15) is 19.4 Å². The average molecular weight is 424 g/mol. The van der Waals surface area contributed by atoms with E-state index in [1.807, 2.05) is 23.2 Å². The van der Waals surface area contributed by atoms with E-state index in [9.17, 15) is 0 Å². The molecule has 2 aromatic carbocycles. The maximum Gasteiger partial charge on any atom is 0.707 e.